The summed E-state index contributed by atoms with van der Waals surface area (Å²) in [5, 5.41) is 35.1. The van der Waals surface area contributed by atoms with Crippen LogP contribution in [0.25, 0.3) is 43.4 Å². The molecule has 5 aliphatic rings. The van der Waals surface area contributed by atoms with Crippen LogP contribution in [0.1, 0.15) is 81.5 Å². The van der Waals surface area contributed by atoms with Gasteiger partial charge in [0.2, 0.25) is 11.8 Å². The molecule has 4 N–H and O–H groups in total. The molecule has 5 aliphatic heterocycles. The van der Waals surface area contributed by atoms with Crippen LogP contribution in [0.3, 0.4) is 0 Å². The smallest absolute Gasteiger partial charge is 0.319 e. The number of nitrogens with zero attached hydrogens (tertiary/aromatic N) is 10. The summed E-state index contributed by atoms with van der Waals surface area (Å²) in [7, 11) is 2.10. The molecule has 0 saturated carbocycles. The van der Waals surface area contributed by atoms with Crippen LogP contribution in [0.4, 0.5) is 16.0 Å². The molecule has 20 heteroatoms. The summed E-state index contributed by atoms with van der Waals surface area (Å²) in [6.45, 7) is 16.6. The zero-order valence-corrected chi connectivity index (χ0v) is 47.1. The number of aromatic hydroxyl groups is 1. The largest absolute Gasteiger partial charge is 0.508 e. The lowest BCUT2D eigenvalue weighted by atomic mass is 9.91. The van der Waals surface area contributed by atoms with Crippen LogP contribution in [-0.2, 0) is 16.0 Å². The topological polar surface area (TPSA) is 202 Å². The number of fused-ring (bicyclic) bond motifs is 4. The van der Waals surface area contributed by atoms with Gasteiger partial charge in [0.1, 0.15) is 41.3 Å². The number of aliphatic hydroxyl groups excluding tert-OH is 1. The first-order valence-corrected chi connectivity index (χ1v) is 29.2. The molecule has 3 aromatic carbocycles. The number of hydrogen-bond acceptors (Lipinski definition) is 17. The minimum atomic E-state index is -0.832. The molecule has 0 radical (unpaired) electrons. The average Bonchev–Trinajstić information content (AvgIpc) is 4.29. The number of carbonyl (C=O) groups is 2. The average molecular weight is 1110 g/mol. The quantitative estimate of drug-likeness (QED) is 0.0749. The highest BCUT2D eigenvalue weighted by atomic mass is 32.1. The van der Waals surface area contributed by atoms with E-state index in [0.29, 0.717) is 53.0 Å². The summed E-state index contributed by atoms with van der Waals surface area (Å²) in [5.41, 5.74) is 6.61. The summed E-state index contributed by atoms with van der Waals surface area (Å²) >= 11 is 1.59. The Morgan fingerprint density at radius 3 is 2.49 bits per heavy atom. The van der Waals surface area contributed by atoms with E-state index in [1.54, 1.807) is 29.7 Å². The molecule has 5 saturated heterocycles. The van der Waals surface area contributed by atoms with Crippen LogP contribution in [-0.4, -0.2) is 165 Å². The van der Waals surface area contributed by atoms with Gasteiger partial charge in [-0.3, -0.25) is 24.4 Å². The van der Waals surface area contributed by atoms with E-state index in [0.717, 1.165) is 110 Å². The standard InChI is InChI=1S/C60H71FN12O6S/c1-7-37-9-8-10-40-19-44(74)20-46(52(37)40)54-53(61)55-47(23-62-54)57(72-27-41-15-16-42(28-72)65-41)67-60(66-55)78-31-43-29-70(18-17-69(43)6)24-36-25-71(26-36)50-22-49(79-68-50)51(33(2)3)59(77)73-30-45(75)21-48(73)58(76)64-34(4)38-11-13-39(14-12-38)56-35(5)63-32-80-56/h8-14,19-20,22-23,32-34,36,41-43,45,48,51,65,74-75H,7,15-18,21,24-31H2,1-6H3,(H,64,76)/t34-,41?,42?,43+,45+,48-,51+/m0/s1. The second kappa shape index (κ2) is 22.2. The van der Waals surface area contributed by atoms with Crippen molar-refractivity contribution in [2.45, 2.75) is 103 Å². The summed E-state index contributed by atoms with van der Waals surface area (Å²) in [5.74, 6) is 0.103. The maximum Gasteiger partial charge on any atom is 0.319 e. The van der Waals surface area contributed by atoms with E-state index in [-0.39, 0.29) is 65.8 Å². The van der Waals surface area contributed by atoms with Crippen molar-refractivity contribution in [3.05, 3.63) is 101 Å². The molecule has 0 spiro atoms. The lowest BCUT2D eigenvalue weighted by Gasteiger charge is -2.45. The third kappa shape index (κ3) is 10.6. The van der Waals surface area contributed by atoms with E-state index in [9.17, 15) is 19.8 Å². The van der Waals surface area contributed by atoms with Crippen LogP contribution in [0.2, 0.25) is 0 Å². The van der Waals surface area contributed by atoms with Crippen molar-refractivity contribution in [3.63, 3.8) is 0 Å². The number of halogens is 1. The number of aliphatic hydroxyl groups is 1. The maximum absolute atomic E-state index is 17.3. The number of phenols is 1. The molecule has 2 amide bonds. The molecule has 7 aromatic rings. The minimum absolute atomic E-state index is 0.0210. The Balaban J connectivity index is 0.689. The Hall–Kier alpha value is -6.84. The van der Waals surface area contributed by atoms with Crippen molar-refractivity contribution in [2.24, 2.45) is 11.8 Å². The normalized spacial score (nSPS) is 22.6. The van der Waals surface area contributed by atoms with Crippen molar-refractivity contribution < 1.29 is 33.5 Å². The number of carbonyl (C=O) groups excluding carboxylic acids is 2. The van der Waals surface area contributed by atoms with Gasteiger partial charge in [0, 0.05) is 101 Å². The maximum atomic E-state index is 17.3. The highest BCUT2D eigenvalue weighted by molar-refractivity contribution is 7.13. The van der Waals surface area contributed by atoms with Gasteiger partial charge in [0.25, 0.3) is 0 Å². The monoisotopic (exact) mass is 1110 g/mol. The molecule has 420 valence electrons. The fraction of sp³-hybridized carbons (Fsp3) is 0.483. The number of aromatic nitrogens is 5. The molecule has 18 nitrogen and oxygen atoms in total. The number of thiazole rings is 1. The Bertz CT molecular complexity index is 3410. The number of phenolic OH excluding ortho intramolecular Hbond substituents is 1. The summed E-state index contributed by atoms with van der Waals surface area (Å²) in [6.07, 6.45) is 3.87. The molecule has 2 unspecified atom stereocenters. The fourth-order valence-electron chi connectivity index (χ4n) is 12.9. The number of ether oxygens (including phenoxy) is 1. The van der Waals surface area contributed by atoms with Gasteiger partial charge >= 0.3 is 6.01 Å². The molecule has 12 rings (SSSR count). The zero-order valence-electron chi connectivity index (χ0n) is 46.3. The first-order chi connectivity index (χ1) is 38.7. The van der Waals surface area contributed by atoms with E-state index < -0.39 is 23.9 Å². The molecular formula is C60H71FN12O6S. The molecule has 0 aliphatic carbocycles. The molecule has 2 bridgehead atoms. The number of amides is 2. The Kier molecular flexibility index (Phi) is 15.0. The van der Waals surface area contributed by atoms with E-state index in [4.69, 9.17) is 24.2 Å². The van der Waals surface area contributed by atoms with E-state index >= 15 is 4.39 Å². The number of rotatable bonds is 16. The first-order valence-electron chi connectivity index (χ1n) is 28.3. The van der Waals surface area contributed by atoms with Crippen molar-refractivity contribution in [2.75, 3.05) is 82.4 Å². The number of pyridine rings is 1. The number of benzene rings is 3. The van der Waals surface area contributed by atoms with Crippen molar-refractivity contribution in [1.82, 2.24) is 50.4 Å². The Labute approximate surface area is 469 Å². The number of likely N-dealkylation sites (tertiary alicyclic amines) is 1. The van der Waals surface area contributed by atoms with Crippen LogP contribution >= 0.6 is 11.3 Å². The van der Waals surface area contributed by atoms with Crippen LogP contribution < -0.4 is 25.2 Å². The number of likely N-dealkylation sites (N-methyl/N-ethyl adjacent to an activating group) is 1. The minimum Gasteiger partial charge on any atom is -0.508 e. The van der Waals surface area contributed by atoms with Gasteiger partial charge in [-0.15, -0.1) is 11.3 Å². The Morgan fingerprint density at radius 2 is 1.75 bits per heavy atom. The number of β-amino-alcohol motifs (C(OH)–C–C–N with tert-alkyl or cyclic N) is 1. The van der Waals surface area contributed by atoms with E-state index in [1.165, 1.54) is 4.90 Å². The first kappa shape index (κ1) is 53.8. The molecule has 5 fully saturated rings. The fourth-order valence-corrected chi connectivity index (χ4v) is 13.7. The van der Waals surface area contributed by atoms with Gasteiger partial charge in [-0.2, -0.15) is 9.97 Å². The molecule has 80 heavy (non-hydrogen) atoms. The number of nitrogens with one attached hydrogen (secondary N) is 2. The van der Waals surface area contributed by atoms with Gasteiger partial charge in [0.15, 0.2) is 17.4 Å². The highest BCUT2D eigenvalue weighted by Gasteiger charge is 2.44. The number of anilines is 2. The molecule has 9 heterocycles. The van der Waals surface area contributed by atoms with Crippen molar-refractivity contribution in [1.29, 1.82) is 0 Å². The van der Waals surface area contributed by atoms with Crippen LogP contribution in [0.15, 0.2) is 76.9 Å². The lowest BCUT2D eigenvalue weighted by molar-refractivity contribution is -0.141. The highest BCUT2D eigenvalue weighted by Crippen LogP contribution is 2.40. The summed E-state index contributed by atoms with van der Waals surface area (Å²) in [4.78, 5) is 59.0. The van der Waals surface area contributed by atoms with Gasteiger partial charge in [-0.05, 0) is 85.7 Å². The molecule has 7 atom stereocenters. The second-order valence-electron chi connectivity index (χ2n) is 23.2. The third-order valence-corrected chi connectivity index (χ3v) is 18.3. The number of piperazine rings is 2. The zero-order chi connectivity index (χ0) is 55.5. The van der Waals surface area contributed by atoms with Crippen LogP contribution in [0, 0.1) is 24.6 Å². The van der Waals surface area contributed by atoms with Crippen molar-refractivity contribution in [3.8, 4) is 33.5 Å². The number of aryl methyl sites for hydroxylation is 2. The lowest BCUT2D eigenvalue weighted by Crippen LogP contribution is -2.58. The van der Waals surface area contributed by atoms with E-state index in [1.807, 2.05) is 81.7 Å². The van der Waals surface area contributed by atoms with Crippen LogP contribution in [0.5, 0.6) is 11.8 Å². The van der Waals surface area contributed by atoms with Gasteiger partial charge < -0.3 is 44.8 Å². The predicted molar refractivity (Wildman–Crippen MR) is 307 cm³/mol. The molecule has 4 aromatic heterocycles. The van der Waals surface area contributed by atoms with Gasteiger partial charge in [-0.1, -0.05) is 68.4 Å². The second-order valence-corrected chi connectivity index (χ2v) is 24.1. The third-order valence-electron chi connectivity index (χ3n) is 17.3. The number of hydrogen-bond donors (Lipinski definition) is 4. The summed E-state index contributed by atoms with van der Waals surface area (Å²) in [6, 6.07) is 18.7. The van der Waals surface area contributed by atoms with Crippen molar-refractivity contribution >= 4 is 56.5 Å². The predicted octanol–water partition coefficient (Wildman–Crippen LogP) is 7.32. The molecular weight excluding hydrogens is 1040 g/mol. The van der Waals surface area contributed by atoms with E-state index in [2.05, 4.69) is 54.3 Å². The Morgan fingerprint density at radius 1 is 0.963 bits per heavy atom. The SMILES string of the molecule is CCc1cccc2cc(O)cc(-c3ncc4c(N5CC6CCC(C5)N6)nc(OC[C@H]5CN(CC6CN(c7cc([C@H](C(=O)N8C[C@H](O)C[C@H]8C(=O)N[C@@H](C)c8ccc(-c9scnc9C)cc8)C(C)C)on7)C6)CCN5C)nc4c3F)c12. The van der Waals surface area contributed by atoms with Gasteiger partial charge in [-0.25, -0.2) is 9.37 Å². The van der Waals surface area contributed by atoms with Gasteiger partial charge in [0.05, 0.1) is 39.7 Å². The summed E-state index contributed by atoms with van der Waals surface area (Å²) < 4.78 is 29.8.